The van der Waals surface area contributed by atoms with Crippen molar-refractivity contribution < 1.29 is 18.1 Å². The van der Waals surface area contributed by atoms with Crippen LogP contribution in [-0.4, -0.2) is 52.6 Å². The number of hydrogen-bond acceptors (Lipinski definition) is 5. The van der Waals surface area contributed by atoms with Gasteiger partial charge in [-0.05, 0) is 68.0 Å². The Morgan fingerprint density at radius 2 is 1.88 bits per heavy atom. The van der Waals surface area contributed by atoms with E-state index in [-0.39, 0.29) is 17.8 Å². The Morgan fingerprint density at radius 1 is 1.15 bits per heavy atom. The van der Waals surface area contributed by atoms with Gasteiger partial charge in [-0.15, -0.1) is 0 Å². The molecule has 4 rings (SSSR count). The Balaban J connectivity index is 1.69. The summed E-state index contributed by atoms with van der Waals surface area (Å²) < 4.78 is 34.9. The first-order valence-electron chi connectivity index (χ1n) is 11.9. The number of nitrogens with zero attached hydrogens (tertiary/aromatic N) is 2. The van der Waals surface area contributed by atoms with E-state index in [1.54, 1.807) is 18.3 Å². The maximum atomic E-state index is 14.9. The van der Waals surface area contributed by atoms with E-state index < -0.39 is 17.0 Å². The standard InChI is InChI=1S/C25H33FN4O3S/c1-30-12-9-20(10-13-30)33-23-14-18(8-11-27-23)22-16-19(26)15-21(17-6-4-3-5-7-17)24(22)28-25(31)29-34(2)32/h8,11,14-17,20H,3-7,9-10,12-13H2,1-2H3,(H2,28,29,31). The molecule has 1 saturated heterocycles. The van der Waals surface area contributed by atoms with Crippen LogP contribution in [0.2, 0.25) is 0 Å². The van der Waals surface area contributed by atoms with E-state index in [1.165, 1.54) is 24.8 Å². The van der Waals surface area contributed by atoms with Crippen molar-refractivity contribution in [1.82, 2.24) is 14.6 Å². The molecule has 2 N–H and O–H groups in total. The average molecular weight is 489 g/mol. The Labute approximate surface area is 203 Å². The summed E-state index contributed by atoms with van der Waals surface area (Å²) in [7, 11) is 0.583. The normalized spacial score (nSPS) is 18.9. The van der Waals surface area contributed by atoms with Gasteiger partial charge in [0.1, 0.15) is 22.9 Å². The third-order valence-electron chi connectivity index (χ3n) is 6.65. The van der Waals surface area contributed by atoms with E-state index in [9.17, 15) is 13.4 Å². The van der Waals surface area contributed by atoms with E-state index in [2.05, 4.69) is 27.0 Å². The number of nitrogens with one attached hydrogen (secondary N) is 2. The van der Waals surface area contributed by atoms with Gasteiger partial charge in [0, 0.05) is 37.2 Å². The molecule has 1 aromatic heterocycles. The number of anilines is 1. The van der Waals surface area contributed by atoms with Crippen LogP contribution < -0.4 is 14.8 Å². The summed E-state index contributed by atoms with van der Waals surface area (Å²) in [6.07, 6.45) is 10.2. The lowest BCUT2D eigenvalue weighted by Crippen LogP contribution is -2.35. The number of amides is 2. The van der Waals surface area contributed by atoms with Crippen molar-refractivity contribution in [2.45, 2.75) is 57.0 Å². The minimum absolute atomic E-state index is 0.0900. The Bertz CT molecular complexity index is 1040. The molecule has 2 aliphatic rings. The van der Waals surface area contributed by atoms with E-state index in [0.29, 0.717) is 22.7 Å². The number of carbonyl (C=O) groups is 1. The van der Waals surface area contributed by atoms with Crippen LogP contribution in [0.5, 0.6) is 5.88 Å². The van der Waals surface area contributed by atoms with Gasteiger partial charge in [-0.1, -0.05) is 19.3 Å². The van der Waals surface area contributed by atoms with E-state index in [0.717, 1.165) is 57.2 Å². The number of hydrogen-bond donors (Lipinski definition) is 2. The van der Waals surface area contributed by atoms with Gasteiger partial charge in [0.25, 0.3) is 0 Å². The molecular formula is C25H33FN4O3S. The van der Waals surface area contributed by atoms with Gasteiger partial charge >= 0.3 is 6.03 Å². The number of rotatable bonds is 6. The van der Waals surface area contributed by atoms with Gasteiger partial charge in [-0.25, -0.2) is 18.4 Å². The van der Waals surface area contributed by atoms with Crippen molar-refractivity contribution in [3.05, 3.63) is 41.8 Å². The van der Waals surface area contributed by atoms with Gasteiger partial charge in [0.05, 0.1) is 5.69 Å². The number of pyridine rings is 1. The van der Waals surface area contributed by atoms with Crippen LogP contribution in [0.25, 0.3) is 11.1 Å². The maximum absolute atomic E-state index is 14.9. The maximum Gasteiger partial charge on any atom is 0.331 e. The molecule has 0 radical (unpaired) electrons. The molecule has 0 bridgehead atoms. The summed E-state index contributed by atoms with van der Waals surface area (Å²) >= 11 is 0. The summed E-state index contributed by atoms with van der Waals surface area (Å²) in [5.41, 5.74) is 2.60. The van der Waals surface area contributed by atoms with Crippen molar-refractivity contribution in [2.75, 3.05) is 31.7 Å². The largest absolute Gasteiger partial charge is 0.474 e. The lowest BCUT2D eigenvalue weighted by Gasteiger charge is -2.29. The molecule has 1 unspecified atom stereocenters. The lowest BCUT2D eigenvalue weighted by atomic mass is 9.82. The SMILES string of the molecule is CN1CCC(Oc2cc(-c3cc(F)cc(C4CCCCC4)c3NC(=O)NS(C)=O)ccn2)CC1. The van der Waals surface area contributed by atoms with Gasteiger partial charge in [-0.3, -0.25) is 4.72 Å². The van der Waals surface area contributed by atoms with Gasteiger partial charge in [-0.2, -0.15) is 0 Å². The van der Waals surface area contributed by atoms with Crippen LogP contribution in [0.3, 0.4) is 0 Å². The fourth-order valence-electron chi connectivity index (χ4n) is 4.92. The molecular weight excluding hydrogens is 455 g/mol. The van der Waals surface area contributed by atoms with Crippen LogP contribution in [0.4, 0.5) is 14.9 Å². The zero-order chi connectivity index (χ0) is 24.1. The van der Waals surface area contributed by atoms with Crippen molar-refractivity contribution in [1.29, 1.82) is 0 Å². The van der Waals surface area contributed by atoms with Crippen molar-refractivity contribution in [2.24, 2.45) is 0 Å². The molecule has 1 aliphatic heterocycles. The Hall–Kier alpha value is -2.52. The number of aromatic nitrogens is 1. The topological polar surface area (TPSA) is 83.6 Å². The second-order valence-electron chi connectivity index (χ2n) is 9.27. The second-order valence-corrected chi connectivity index (χ2v) is 10.4. The molecule has 34 heavy (non-hydrogen) atoms. The fourth-order valence-corrected chi connectivity index (χ4v) is 5.23. The number of ether oxygens (including phenoxy) is 1. The highest BCUT2D eigenvalue weighted by atomic mass is 32.2. The molecule has 1 aromatic carbocycles. The van der Waals surface area contributed by atoms with Crippen molar-refractivity contribution in [3.8, 4) is 17.0 Å². The van der Waals surface area contributed by atoms with E-state index in [4.69, 9.17) is 4.74 Å². The van der Waals surface area contributed by atoms with Crippen LogP contribution in [0.15, 0.2) is 30.5 Å². The molecule has 7 nitrogen and oxygen atoms in total. The summed E-state index contributed by atoms with van der Waals surface area (Å²) in [5, 5.41) is 2.86. The number of benzene rings is 1. The number of piperidine rings is 1. The third-order valence-corrected chi connectivity index (χ3v) is 7.13. The molecule has 184 valence electrons. The third kappa shape index (κ3) is 6.33. The lowest BCUT2D eigenvalue weighted by molar-refractivity contribution is 0.110. The molecule has 1 atom stereocenters. The predicted octanol–water partition coefficient (Wildman–Crippen LogP) is 4.82. The quantitative estimate of drug-likeness (QED) is 0.609. The fraction of sp³-hybridized carbons (Fsp3) is 0.520. The predicted molar refractivity (Wildman–Crippen MR) is 133 cm³/mol. The first kappa shape index (κ1) is 24.6. The minimum atomic E-state index is -1.52. The molecule has 1 saturated carbocycles. The summed E-state index contributed by atoms with van der Waals surface area (Å²) in [5.74, 6) is 0.290. The highest BCUT2D eigenvalue weighted by molar-refractivity contribution is 7.82. The molecule has 0 spiro atoms. The van der Waals surface area contributed by atoms with E-state index >= 15 is 0 Å². The van der Waals surface area contributed by atoms with Gasteiger partial charge < -0.3 is 15.0 Å². The number of likely N-dealkylation sites (tertiary alicyclic amines) is 1. The van der Waals surface area contributed by atoms with Crippen LogP contribution in [-0.2, 0) is 11.0 Å². The second kappa shape index (κ2) is 11.3. The first-order chi connectivity index (χ1) is 16.4. The van der Waals surface area contributed by atoms with Gasteiger partial charge in [0.15, 0.2) is 0 Å². The highest BCUT2D eigenvalue weighted by Gasteiger charge is 2.24. The summed E-state index contributed by atoms with van der Waals surface area (Å²) in [4.78, 5) is 19.2. The Kier molecular flexibility index (Phi) is 8.15. The van der Waals surface area contributed by atoms with Gasteiger partial charge in [0.2, 0.25) is 5.88 Å². The molecule has 2 fully saturated rings. The molecule has 9 heteroatoms. The molecule has 2 heterocycles. The van der Waals surface area contributed by atoms with Crippen LogP contribution in [0.1, 0.15) is 56.4 Å². The summed E-state index contributed by atoms with van der Waals surface area (Å²) in [6, 6.07) is 5.97. The monoisotopic (exact) mass is 488 g/mol. The zero-order valence-corrected chi connectivity index (χ0v) is 20.6. The van der Waals surface area contributed by atoms with E-state index in [1.807, 2.05) is 0 Å². The van der Waals surface area contributed by atoms with Crippen LogP contribution in [0, 0.1) is 5.82 Å². The summed E-state index contributed by atoms with van der Waals surface area (Å²) in [6.45, 7) is 1.95. The first-order valence-corrected chi connectivity index (χ1v) is 13.5. The van der Waals surface area contributed by atoms with Crippen molar-refractivity contribution in [3.63, 3.8) is 0 Å². The van der Waals surface area contributed by atoms with Crippen molar-refractivity contribution >= 4 is 22.7 Å². The molecule has 2 aromatic rings. The molecule has 1 aliphatic carbocycles. The highest BCUT2D eigenvalue weighted by Crippen LogP contribution is 2.42. The Morgan fingerprint density at radius 3 is 2.59 bits per heavy atom. The number of carbonyl (C=O) groups excluding carboxylic acids is 1. The minimum Gasteiger partial charge on any atom is -0.474 e. The average Bonchev–Trinajstić information content (AvgIpc) is 2.81. The van der Waals surface area contributed by atoms with Crippen LogP contribution >= 0.6 is 0 Å². The molecule has 2 amide bonds. The smallest absolute Gasteiger partial charge is 0.331 e. The number of urea groups is 1. The number of halogens is 1. The zero-order valence-electron chi connectivity index (χ0n) is 19.8.